The van der Waals surface area contributed by atoms with Gasteiger partial charge in [0.2, 0.25) is 0 Å². The molecule has 7 heteroatoms. The normalized spacial score (nSPS) is 11.7. The van der Waals surface area contributed by atoms with E-state index in [4.69, 9.17) is 9.84 Å². The van der Waals surface area contributed by atoms with Gasteiger partial charge in [-0.1, -0.05) is 0 Å². The lowest BCUT2D eigenvalue weighted by atomic mass is 10.3. The first kappa shape index (κ1) is 14.0. The van der Waals surface area contributed by atoms with Gasteiger partial charge in [-0.15, -0.1) is 10.2 Å². The largest absolute Gasteiger partial charge is 0.388 e. The highest BCUT2D eigenvalue weighted by Gasteiger charge is 2.13. The van der Waals surface area contributed by atoms with Gasteiger partial charge in [-0.2, -0.15) is 0 Å². The van der Waals surface area contributed by atoms with E-state index in [1.54, 1.807) is 4.57 Å². The minimum absolute atomic E-state index is 0.109. The summed E-state index contributed by atoms with van der Waals surface area (Å²) in [4.78, 5) is 0. The van der Waals surface area contributed by atoms with Crippen LogP contribution in [0, 0.1) is 0 Å². The lowest BCUT2D eigenvalue weighted by Gasteiger charge is -2.13. The summed E-state index contributed by atoms with van der Waals surface area (Å²) < 4.78 is 30.2. The molecule has 1 aromatic rings. The van der Waals surface area contributed by atoms with E-state index in [0.717, 1.165) is 0 Å². The molecule has 0 radical (unpaired) electrons. The number of aliphatic hydroxyl groups is 1. The predicted molar refractivity (Wildman–Crippen MR) is 56.9 cm³/mol. The van der Waals surface area contributed by atoms with Gasteiger partial charge < -0.3 is 14.4 Å². The van der Waals surface area contributed by atoms with Crippen LogP contribution >= 0.6 is 0 Å². The molecule has 0 saturated heterocycles. The van der Waals surface area contributed by atoms with E-state index in [1.807, 2.05) is 13.8 Å². The van der Waals surface area contributed by atoms with Crippen molar-refractivity contribution in [1.82, 2.24) is 14.8 Å². The molecule has 1 rings (SSSR count). The molecule has 0 aliphatic carbocycles. The molecule has 17 heavy (non-hydrogen) atoms. The first-order valence-electron chi connectivity index (χ1n) is 5.45. The SMILES string of the molecule is CC(C)n1c(CO)nnc1CCOCC(F)F. The molecule has 98 valence electrons. The van der Waals surface area contributed by atoms with Crippen LogP contribution in [-0.4, -0.2) is 39.5 Å². The number of halogens is 2. The van der Waals surface area contributed by atoms with Crippen molar-refractivity contribution in [2.24, 2.45) is 0 Å². The first-order valence-corrected chi connectivity index (χ1v) is 5.45. The van der Waals surface area contributed by atoms with Crippen molar-refractivity contribution in [3.05, 3.63) is 11.6 Å². The Labute approximate surface area is 98.4 Å². The number of ether oxygens (including phenoxy) is 1. The molecule has 0 bridgehead atoms. The average Bonchev–Trinajstić information content (AvgIpc) is 2.67. The second-order valence-electron chi connectivity index (χ2n) is 3.87. The zero-order valence-corrected chi connectivity index (χ0v) is 9.94. The van der Waals surface area contributed by atoms with Crippen LogP contribution in [-0.2, 0) is 17.8 Å². The minimum atomic E-state index is -2.45. The third-order valence-electron chi connectivity index (χ3n) is 2.21. The van der Waals surface area contributed by atoms with Crippen LogP contribution in [0.4, 0.5) is 8.78 Å². The fourth-order valence-electron chi connectivity index (χ4n) is 1.57. The fraction of sp³-hybridized carbons (Fsp3) is 0.800. The highest BCUT2D eigenvalue weighted by molar-refractivity contribution is 4.97. The Morgan fingerprint density at radius 3 is 2.47 bits per heavy atom. The van der Waals surface area contributed by atoms with Crippen molar-refractivity contribution in [3.8, 4) is 0 Å². The highest BCUT2D eigenvalue weighted by atomic mass is 19.3. The number of aromatic nitrogens is 3. The molecule has 0 aromatic carbocycles. The maximum atomic E-state index is 11.8. The number of hydrogen-bond donors (Lipinski definition) is 1. The summed E-state index contributed by atoms with van der Waals surface area (Å²) in [6.07, 6.45) is -2.05. The Balaban J connectivity index is 2.55. The molecule has 0 aliphatic rings. The van der Waals surface area contributed by atoms with Crippen molar-refractivity contribution < 1.29 is 18.6 Å². The Morgan fingerprint density at radius 2 is 1.94 bits per heavy atom. The van der Waals surface area contributed by atoms with Crippen molar-refractivity contribution in [2.75, 3.05) is 13.2 Å². The maximum absolute atomic E-state index is 11.8. The van der Waals surface area contributed by atoms with Gasteiger partial charge in [0.1, 0.15) is 19.0 Å². The van der Waals surface area contributed by atoms with Gasteiger partial charge in [-0.25, -0.2) is 8.78 Å². The standard InChI is InChI=1S/C10H17F2N3O2/c1-7(2)15-9(13-14-10(15)5-16)3-4-17-6-8(11)12/h7-8,16H,3-6H2,1-2H3. The second-order valence-corrected chi connectivity index (χ2v) is 3.87. The monoisotopic (exact) mass is 249 g/mol. The van der Waals surface area contributed by atoms with Crippen LogP contribution in [0.25, 0.3) is 0 Å². The van der Waals surface area contributed by atoms with Crippen LogP contribution < -0.4 is 0 Å². The summed E-state index contributed by atoms with van der Waals surface area (Å²) in [5.41, 5.74) is 0. The molecule has 0 amide bonds. The first-order chi connectivity index (χ1) is 8.06. The number of rotatable bonds is 7. The molecular weight excluding hydrogens is 232 g/mol. The Kier molecular flexibility index (Phi) is 5.43. The van der Waals surface area contributed by atoms with Gasteiger partial charge in [0.05, 0.1) is 6.61 Å². The van der Waals surface area contributed by atoms with Gasteiger partial charge in [-0.05, 0) is 13.8 Å². The van der Waals surface area contributed by atoms with E-state index >= 15 is 0 Å². The van der Waals surface area contributed by atoms with E-state index < -0.39 is 13.0 Å². The third kappa shape index (κ3) is 4.01. The summed E-state index contributed by atoms with van der Waals surface area (Å²) in [5, 5.41) is 16.8. The smallest absolute Gasteiger partial charge is 0.261 e. The van der Waals surface area contributed by atoms with Crippen LogP contribution in [0.1, 0.15) is 31.5 Å². The van der Waals surface area contributed by atoms with Gasteiger partial charge in [0.25, 0.3) is 6.43 Å². The summed E-state index contributed by atoms with van der Waals surface area (Å²) in [6, 6.07) is 0.109. The van der Waals surface area contributed by atoms with Crippen LogP contribution in [0.15, 0.2) is 0 Å². The summed E-state index contributed by atoms with van der Waals surface area (Å²) >= 11 is 0. The number of nitrogens with zero attached hydrogens (tertiary/aromatic N) is 3. The number of alkyl halides is 2. The molecule has 0 fully saturated rings. The molecular formula is C10H17F2N3O2. The van der Waals surface area contributed by atoms with E-state index in [0.29, 0.717) is 18.1 Å². The average molecular weight is 249 g/mol. The van der Waals surface area contributed by atoms with Crippen molar-refractivity contribution in [2.45, 2.75) is 39.3 Å². The topological polar surface area (TPSA) is 60.2 Å². The van der Waals surface area contributed by atoms with Crippen LogP contribution in [0.5, 0.6) is 0 Å². The van der Waals surface area contributed by atoms with Crippen molar-refractivity contribution >= 4 is 0 Å². The second kappa shape index (κ2) is 6.61. The summed E-state index contributed by atoms with van der Waals surface area (Å²) in [6.45, 7) is 3.28. The lowest BCUT2D eigenvalue weighted by Crippen LogP contribution is -2.13. The van der Waals surface area contributed by atoms with Crippen molar-refractivity contribution in [3.63, 3.8) is 0 Å². The molecule has 0 spiro atoms. The quantitative estimate of drug-likeness (QED) is 0.737. The molecule has 1 aromatic heterocycles. The molecule has 5 nitrogen and oxygen atoms in total. The molecule has 0 atom stereocenters. The van der Waals surface area contributed by atoms with E-state index in [9.17, 15) is 8.78 Å². The molecule has 0 unspecified atom stereocenters. The predicted octanol–water partition coefficient (Wildman–Crippen LogP) is 1.18. The van der Waals surface area contributed by atoms with E-state index in [-0.39, 0.29) is 19.3 Å². The summed E-state index contributed by atoms with van der Waals surface area (Å²) in [5.74, 6) is 1.11. The molecule has 0 aliphatic heterocycles. The molecule has 1 N–H and O–H groups in total. The number of aliphatic hydroxyl groups excluding tert-OH is 1. The lowest BCUT2D eigenvalue weighted by molar-refractivity contribution is 0.0180. The Morgan fingerprint density at radius 1 is 1.29 bits per heavy atom. The number of hydrogen-bond acceptors (Lipinski definition) is 4. The minimum Gasteiger partial charge on any atom is -0.388 e. The maximum Gasteiger partial charge on any atom is 0.261 e. The third-order valence-corrected chi connectivity index (χ3v) is 2.21. The fourth-order valence-corrected chi connectivity index (χ4v) is 1.57. The zero-order valence-electron chi connectivity index (χ0n) is 9.94. The van der Waals surface area contributed by atoms with Gasteiger partial charge in [0, 0.05) is 12.5 Å². The summed E-state index contributed by atoms with van der Waals surface area (Å²) in [7, 11) is 0. The van der Waals surface area contributed by atoms with E-state index in [2.05, 4.69) is 10.2 Å². The van der Waals surface area contributed by atoms with Gasteiger partial charge in [-0.3, -0.25) is 0 Å². The van der Waals surface area contributed by atoms with Crippen LogP contribution in [0.3, 0.4) is 0 Å². The Bertz CT molecular complexity index is 342. The molecule has 0 saturated carbocycles. The van der Waals surface area contributed by atoms with Crippen LogP contribution in [0.2, 0.25) is 0 Å². The molecule has 1 heterocycles. The van der Waals surface area contributed by atoms with Gasteiger partial charge >= 0.3 is 0 Å². The Hall–Kier alpha value is -1.08. The van der Waals surface area contributed by atoms with Crippen molar-refractivity contribution in [1.29, 1.82) is 0 Å². The zero-order chi connectivity index (χ0) is 12.8. The van der Waals surface area contributed by atoms with Gasteiger partial charge in [0.15, 0.2) is 5.82 Å². The van der Waals surface area contributed by atoms with E-state index in [1.165, 1.54) is 0 Å². The highest BCUT2D eigenvalue weighted by Crippen LogP contribution is 2.12.